The van der Waals surface area contributed by atoms with Gasteiger partial charge in [-0.15, -0.1) is 0 Å². The fourth-order valence-corrected chi connectivity index (χ4v) is 2.91. The minimum absolute atomic E-state index is 0.0453. The molecule has 0 fully saturated rings. The van der Waals surface area contributed by atoms with Crippen LogP contribution in [0.1, 0.15) is 22.8 Å². The van der Waals surface area contributed by atoms with Gasteiger partial charge < -0.3 is 20.5 Å². The summed E-state index contributed by atoms with van der Waals surface area (Å²) in [4.78, 5) is 28.1. The highest BCUT2D eigenvalue weighted by molar-refractivity contribution is 6.02. The van der Waals surface area contributed by atoms with Crippen LogP contribution in [0, 0.1) is 6.92 Å². The number of carbonyl (C=O) groups is 1. The second-order valence-electron chi connectivity index (χ2n) is 5.60. The van der Waals surface area contributed by atoms with E-state index in [1.807, 2.05) is 6.92 Å². The van der Waals surface area contributed by atoms with E-state index in [1.54, 1.807) is 35.9 Å². The average Bonchev–Trinajstić information content (AvgIpc) is 3.09. The number of nitrogens with zero attached hydrogens (tertiary/aromatic N) is 2. The zero-order valence-corrected chi connectivity index (χ0v) is 13.9. The summed E-state index contributed by atoms with van der Waals surface area (Å²) in [6.07, 6.45) is 3.25. The average molecular weight is 338 g/mol. The molecule has 1 amide bonds. The summed E-state index contributed by atoms with van der Waals surface area (Å²) in [6.45, 7) is 4.15. The Morgan fingerprint density at radius 1 is 1.32 bits per heavy atom. The number of hydrogen-bond donors (Lipinski definition) is 2. The molecule has 0 aliphatic carbocycles. The predicted octanol–water partition coefficient (Wildman–Crippen LogP) is 2.18. The molecular weight excluding hydrogens is 320 g/mol. The van der Waals surface area contributed by atoms with Crippen LogP contribution in [-0.4, -0.2) is 15.5 Å². The van der Waals surface area contributed by atoms with Gasteiger partial charge in [-0.1, -0.05) is 0 Å². The third kappa shape index (κ3) is 2.80. The number of furan rings is 1. The lowest BCUT2D eigenvalue weighted by Gasteiger charge is -2.16. The number of hydrogen-bond acceptors (Lipinski definition) is 5. The van der Waals surface area contributed by atoms with Crippen molar-refractivity contribution in [1.82, 2.24) is 9.55 Å². The van der Waals surface area contributed by atoms with Crippen LogP contribution in [0.15, 0.2) is 45.9 Å². The van der Waals surface area contributed by atoms with E-state index in [9.17, 15) is 9.59 Å². The summed E-state index contributed by atoms with van der Waals surface area (Å²) in [5, 5.41) is 0. The third-order valence-electron chi connectivity index (χ3n) is 4.09. The number of pyridine rings is 2. The van der Waals surface area contributed by atoms with Gasteiger partial charge in [-0.3, -0.25) is 9.59 Å². The smallest absolute Gasteiger partial charge is 0.252 e. The Morgan fingerprint density at radius 3 is 2.68 bits per heavy atom. The molecule has 25 heavy (non-hydrogen) atoms. The Hall–Kier alpha value is -3.35. The molecule has 0 saturated carbocycles. The van der Waals surface area contributed by atoms with Gasteiger partial charge in [-0.05, 0) is 37.6 Å². The van der Waals surface area contributed by atoms with Crippen LogP contribution in [0.2, 0.25) is 0 Å². The number of nitrogen functional groups attached to an aromatic ring is 1. The normalized spacial score (nSPS) is 10.8. The van der Waals surface area contributed by atoms with E-state index in [4.69, 9.17) is 15.9 Å². The van der Waals surface area contributed by atoms with Crippen molar-refractivity contribution in [2.75, 3.05) is 5.73 Å². The number of carbonyl (C=O) groups excluding carboxylic acids is 1. The molecule has 0 aliphatic rings. The number of aromatic nitrogens is 2. The van der Waals surface area contributed by atoms with E-state index in [2.05, 4.69) is 4.98 Å². The first-order valence-electron chi connectivity index (χ1n) is 7.78. The first-order chi connectivity index (χ1) is 11.9. The molecule has 3 rings (SSSR count). The van der Waals surface area contributed by atoms with Gasteiger partial charge >= 0.3 is 0 Å². The van der Waals surface area contributed by atoms with Crippen molar-refractivity contribution in [2.24, 2.45) is 5.73 Å². The summed E-state index contributed by atoms with van der Waals surface area (Å²) in [5.41, 5.74) is 13.9. The fourth-order valence-electron chi connectivity index (χ4n) is 2.91. The zero-order valence-electron chi connectivity index (χ0n) is 13.9. The molecule has 7 nitrogen and oxygen atoms in total. The van der Waals surface area contributed by atoms with Gasteiger partial charge in [0.15, 0.2) is 5.76 Å². The van der Waals surface area contributed by atoms with Gasteiger partial charge in [0, 0.05) is 29.9 Å². The SMILES string of the molecule is CCn1cc(-c2c(-c3ccco3)nc(N)c(C(N)=O)c2C)ccc1=O. The highest BCUT2D eigenvalue weighted by atomic mass is 16.3. The third-order valence-corrected chi connectivity index (χ3v) is 4.09. The first-order valence-corrected chi connectivity index (χ1v) is 7.78. The second kappa shape index (κ2) is 6.27. The van der Waals surface area contributed by atoms with Crippen molar-refractivity contribution in [3.8, 4) is 22.6 Å². The summed E-state index contributed by atoms with van der Waals surface area (Å²) in [6, 6.07) is 6.65. The molecule has 7 heteroatoms. The van der Waals surface area contributed by atoms with Crippen LogP contribution >= 0.6 is 0 Å². The van der Waals surface area contributed by atoms with Gasteiger partial charge in [0.2, 0.25) is 0 Å². The molecule has 4 N–H and O–H groups in total. The topological polar surface area (TPSA) is 117 Å². The maximum Gasteiger partial charge on any atom is 0.252 e. The van der Waals surface area contributed by atoms with E-state index < -0.39 is 5.91 Å². The van der Waals surface area contributed by atoms with Crippen molar-refractivity contribution < 1.29 is 9.21 Å². The lowest BCUT2D eigenvalue weighted by atomic mass is 9.95. The zero-order chi connectivity index (χ0) is 18.1. The fraction of sp³-hybridized carbons (Fsp3) is 0.167. The monoisotopic (exact) mass is 338 g/mol. The minimum Gasteiger partial charge on any atom is -0.463 e. The molecule has 0 aromatic carbocycles. The van der Waals surface area contributed by atoms with E-state index in [0.717, 1.165) is 5.56 Å². The Morgan fingerprint density at radius 2 is 2.08 bits per heavy atom. The van der Waals surface area contributed by atoms with Crippen molar-refractivity contribution in [2.45, 2.75) is 20.4 Å². The van der Waals surface area contributed by atoms with Crippen molar-refractivity contribution in [3.05, 3.63) is 58.2 Å². The predicted molar refractivity (Wildman–Crippen MR) is 95.0 cm³/mol. The van der Waals surface area contributed by atoms with E-state index in [1.165, 1.54) is 12.3 Å². The molecule has 0 unspecified atom stereocenters. The maximum absolute atomic E-state index is 11.9. The van der Waals surface area contributed by atoms with Crippen LogP contribution in [0.4, 0.5) is 5.82 Å². The van der Waals surface area contributed by atoms with Crippen LogP contribution in [0.3, 0.4) is 0 Å². The van der Waals surface area contributed by atoms with Gasteiger partial charge in [0.05, 0.1) is 11.8 Å². The molecular formula is C18H18N4O3. The number of amides is 1. The molecule has 0 spiro atoms. The van der Waals surface area contributed by atoms with Crippen molar-refractivity contribution in [3.63, 3.8) is 0 Å². The minimum atomic E-state index is -0.654. The molecule has 3 heterocycles. The standard InChI is InChI=1S/C18H18N4O3/c1-3-22-9-11(6-7-13(22)23)14-10(2)15(18(20)24)17(19)21-16(14)12-5-4-8-25-12/h4-9H,3H2,1-2H3,(H2,19,21)(H2,20,24). The van der Waals surface area contributed by atoms with E-state index in [-0.39, 0.29) is 16.9 Å². The Kier molecular flexibility index (Phi) is 4.14. The molecule has 0 radical (unpaired) electrons. The Bertz CT molecular complexity index is 1000. The van der Waals surface area contributed by atoms with Gasteiger partial charge in [0.25, 0.3) is 11.5 Å². The lowest BCUT2D eigenvalue weighted by molar-refractivity contribution is 0.100. The van der Waals surface area contributed by atoms with E-state index >= 15 is 0 Å². The number of anilines is 1. The quantitative estimate of drug-likeness (QED) is 0.756. The highest BCUT2D eigenvalue weighted by Crippen LogP contribution is 2.36. The van der Waals surface area contributed by atoms with Gasteiger partial charge in [-0.2, -0.15) is 0 Å². The maximum atomic E-state index is 11.9. The molecule has 0 atom stereocenters. The van der Waals surface area contributed by atoms with Crippen LogP contribution in [0.5, 0.6) is 0 Å². The van der Waals surface area contributed by atoms with E-state index in [0.29, 0.717) is 29.1 Å². The lowest BCUT2D eigenvalue weighted by Crippen LogP contribution is -2.19. The number of rotatable bonds is 4. The Labute approximate surface area is 143 Å². The number of primary amides is 1. The molecule has 0 aliphatic heterocycles. The highest BCUT2D eigenvalue weighted by Gasteiger charge is 2.22. The van der Waals surface area contributed by atoms with Crippen LogP contribution in [-0.2, 0) is 6.54 Å². The summed E-state index contributed by atoms with van der Waals surface area (Å²) < 4.78 is 7.04. The molecule has 3 aromatic rings. The first kappa shape index (κ1) is 16.5. The van der Waals surface area contributed by atoms with Crippen molar-refractivity contribution >= 4 is 11.7 Å². The Balaban J connectivity index is 2.39. The molecule has 3 aromatic heterocycles. The number of nitrogens with two attached hydrogens (primary N) is 2. The molecule has 0 bridgehead atoms. The van der Waals surface area contributed by atoms with Gasteiger partial charge in [0.1, 0.15) is 11.5 Å². The van der Waals surface area contributed by atoms with Crippen molar-refractivity contribution in [1.29, 1.82) is 0 Å². The van der Waals surface area contributed by atoms with Gasteiger partial charge in [-0.25, -0.2) is 4.98 Å². The number of aryl methyl sites for hydroxylation is 1. The summed E-state index contributed by atoms with van der Waals surface area (Å²) in [5.74, 6) is -0.0995. The molecule has 0 saturated heterocycles. The summed E-state index contributed by atoms with van der Waals surface area (Å²) in [7, 11) is 0. The second-order valence-corrected chi connectivity index (χ2v) is 5.60. The van der Waals surface area contributed by atoms with Crippen LogP contribution in [0.25, 0.3) is 22.6 Å². The summed E-state index contributed by atoms with van der Waals surface area (Å²) >= 11 is 0. The van der Waals surface area contributed by atoms with Crippen LogP contribution < -0.4 is 17.0 Å². The molecule has 128 valence electrons. The largest absolute Gasteiger partial charge is 0.463 e.